The molecular weight excluding hydrogens is 378 g/mol. The van der Waals surface area contributed by atoms with Gasteiger partial charge in [0.1, 0.15) is 10.9 Å². The van der Waals surface area contributed by atoms with E-state index in [9.17, 15) is 9.59 Å². The van der Waals surface area contributed by atoms with Crippen LogP contribution in [0.2, 0.25) is 0 Å². The minimum Gasteiger partial charge on any atom is -0.337 e. The molecule has 0 radical (unpaired) electrons. The summed E-state index contributed by atoms with van der Waals surface area (Å²) in [4.78, 5) is 24.9. The summed E-state index contributed by atoms with van der Waals surface area (Å²) in [6.45, 7) is 0.177. The Labute approximate surface area is 165 Å². The summed E-state index contributed by atoms with van der Waals surface area (Å²) in [6.07, 6.45) is 3.70. The standard InChI is InChI=1S/C20H15N3O2S2/c24-18(21-14-6-2-1-3-7-14)12-23-11-13(15-8-4-5-9-16(15)23)10-17-19(25)22-20(26)27-17/h1-11H,12H2,(H,21,24)(H,22,25,26)/b17-10-. The number of thioether (sulfide) groups is 1. The highest BCUT2D eigenvalue weighted by molar-refractivity contribution is 8.26. The van der Waals surface area contributed by atoms with Gasteiger partial charge in [-0.2, -0.15) is 0 Å². The number of nitrogens with zero attached hydrogens (tertiary/aromatic N) is 1. The van der Waals surface area contributed by atoms with Crippen molar-refractivity contribution in [2.75, 3.05) is 5.32 Å². The number of thiocarbonyl (C=S) groups is 1. The lowest BCUT2D eigenvalue weighted by atomic mass is 10.1. The number of aromatic nitrogens is 1. The van der Waals surface area contributed by atoms with E-state index < -0.39 is 0 Å². The van der Waals surface area contributed by atoms with Crippen molar-refractivity contribution in [3.8, 4) is 0 Å². The third-order valence-corrected chi connectivity index (χ3v) is 5.28. The molecule has 1 aliphatic rings. The molecule has 3 aromatic rings. The van der Waals surface area contributed by atoms with Gasteiger partial charge in [-0.25, -0.2) is 0 Å². The Balaban J connectivity index is 1.64. The first-order valence-corrected chi connectivity index (χ1v) is 9.50. The molecule has 2 N–H and O–H groups in total. The van der Waals surface area contributed by atoms with Crippen LogP contribution in [0.5, 0.6) is 0 Å². The van der Waals surface area contributed by atoms with Crippen LogP contribution in [0.1, 0.15) is 5.56 Å². The molecule has 0 unspecified atom stereocenters. The van der Waals surface area contributed by atoms with E-state index in [2.05, 4.69) is 10.6 Å². The molecule has 0 aliphatic carbocycles. The molecular formula is C20H15N3O2S2. The highest BCUT2D eigenvalue weighted by atomic mass is 32.2. The first-order chi connectivity index (χ1) is 13.1. The van der Waals surface area contributed by atoms with E-state index in [0.717, 1.165) is 22.2 Å². The van der Waals surface area contributed by atoms with Crippen LogP contribution in [0.15, 0.2) is 65.7 Å². The molecule has 2 aromatic carbocycles. The molecule has 4 rings (SSSR count). The van der Waals surface area contributed by atoms with Crippen LogP contribution in [0.25, 0.3) is 17.0 Å². The fraction of sp³-hybridized carbons (Fsp3) is 0.0500. The average molecular weight is 393 g/mol. The van der Waals surface area contributed by atoms with E-state index in [1.807, 2.05) is 71.4 Å². The SMILES string of the molecule is O=C(Cn1cc(/C=C2\SC(=S)NC2=O)c2ccccc21)Nc1ccccc1. The quantitative estimate of drug-likeness (QED) is 0.523. The molecule has 0 spiro atoms. The fourth-order valence-electron chi connectivity index (χ4n) is 2.96. The lowest BCUT2D eigenvalue weighted by Crippen LogP contribution is -2.18. The maximum absolute atomic E-state index is 12.4. The zero-order chi connectivity index (χ0) is 18.8. The predicted molar refractivity (Wildman–Crippen MR) is 113 cm³/mol. The number of rotatable bonds is 4. The van der Waals surface area contributed by atoms with Gasteiger partial charge in [0.15, 0.2) is 0 Å². The van der Waals surface area contributed by atoms with E-state index in [0.29, 0.717) is 9.23 Å². The minimum absolute atomic E-state index is 0.115. The molecule has 0 atom stereocenters. The number of fused-ring (bicyclic) bond motifs is 1. The van der Waals surface area contributed by atoms with Crippen LogP contribution >= 0.6 is 24.0 Å². The topological polar surface area (TPSA) is 63.1 Å². The third kappa shape index (κ3) is 3.79. The van der Waals surface area contributed by atoms with Crippen LogP contribution in [0, 0.1) is 0 Å². The number of carbonyl (C=O) groups excluding carboxylic acids is 2. The van der Waals surface area contributed by atoms with Gasteiger partial charge in [-0.1, -0.05) is 60.4 Å². The number of hydrogen-bond acceptors (Lipinski definition) is 4. The van der Waals surface area contributed by atoms with Gasteiger partial charge in [-0.15, -0.1) is 0 Å². The molecule has 0 saturated carbocycles. The summed E-state index contributed by atoms with van der Waals surface area (Å²) in [5.41, 5.74) is 2.56. The molecule has 2 amide bonds. The summed E-state index contributed by atoms with van der Waals surface area (Å²) >= 11 is 6.29. The smallest absolute Gasteiger partial charge is 0.263 e. The molecule has 27 heavy (non-hydrogen) atoms. The highest BCUT2D eigenvalue weighted by Crippen LogP contribution is 2.29. The molecule has 1 aliphatic heterocycles. The normalized spacial score (nSPS) is 15.3. The zero-order valence-electron chi connectivity index (χ0n) is 14.1. The van der Waals surface area contributed by atoms with Gasteiger partial charge in [-0.3, -0.25) is 9.59 Å². The summed E-state index contributed by atoms with van der Waals surface area (Å²) in [5.74, 6) is -0.307. The van der Waals surface area contributed by atoms with Crippen LogP contribution in [0.4, 0.5) is 5.69 Å². The van der Waals surface area contributed by atoms with Crippen LogP contribution < -0.4 is 10.6 Å². The Morgan fingerprint density at radius 2 is 1.89 bits per heavy atom. The van der Waals surface area contributed by atoms with Crippen molar-refractivity contribution in [1.82, 2.24) is 9.88 Å². The second-order valence-electron chi connectivity index (χ2n) is 6.00. The van der Waals surface area contributed by atoms with Crippen molar-refractivity contribution >= 4 is 62.8 Å². The second kappa shape index (κ2) is 7.38. The van der Waals surface area contributed by atoms with Crippen molar-refractivity contribution in [2.45, 2.75) is 6.54 Å². The number of benzene rings is 2. The Morgan fingerprint density at radius 1 is 1.15 bits per heavy atom. The number of nitrogens with one attached hydrogen (secondary N) is 2. The number of hydrogen-bond donors (Lipinski definition) is 2. The van der Waals surface area contributed by atoms with Gasteiger partial charge in [0.2, 0.25) is 5.91 Å². The molecule has 2 heterocycles. The summed E-state index contributed by atoms with van der Waals surface area (Å²) in [6, 6.07) is 17.1. The van der Waals surface area contributed by atoms with E-state index >= 15 is 0 Å². The highest BCUT2D eigenvalue weighted by Gasteiger charge is 2.22. The Morgan fingerprint density at radius 3 is 2.63 bits per heavy atom. The summed E-state index contributed by atoms with van der Waals surface area (Å²) in [7, 11) is 0. The van der Waals surface area contributed by atoms with Gasteiger partial charge in [-0.05, 0) is 24.3 Å². The van der Waals surface area contributed by atoms with Gasteiger partial charge < -0.3 is 15.2 Å². The molecule has 5 nitrogen and oxygen atoms in total. The van der Waals surface area contributed by atoms with Gasteiger partial charge in [0, 0.05) is 28.4 Å². The molecule has 1 saturated heterocycles. The maximum Gasteiger partial charge on any atom is 0.263 e. The number of carbonyl (C=O) groups is 2. The van der Waals surface area contributed by atoms with E-state index in [4.69, 9.17) is 12.2 Å². The zero-order valence-corrected chi connectivity index (χ0v) is 15.8. The number of para-hydroxylation sites is 2. The molecule has 1 fully saturated rings. The van der Waals surface area contributed by atoms with E-state index in [1.54, 1.807) is 0 Å². The molecule has 134 valence electrons. The Hall–Kier alpha value is -2.90. The predicted octanol–water partition coefficient (Wildman–Crippen LogP) is 3.77. The van der Waals surface area contributed by atoms with Crippen molar-refractivity contribution in [1.29, 1.82) is 0 Å². The van der Waals surface area contributed by atoms with Crippen molar-refractivity contribution in [2.24, 2.45) is 0 Å². The number of anilines is 1. The van der Waals surface area contributed by atoms with Crippen LogP contribution in [-0.2, 0) is 16.1 Å². The van der Waals surface area contributed by atoms with Crippen LogP contribution in [0.3, 0.4) is 0 Å². The lowest BCUT2D eigenvalue weighted by molar-refractivity contribution is -0.117. The summed E-state index contributed by atoms with van der Waals surface area (Å²) in [5, 5.41) is 6.48. The second-order valence-corrected chi connectivity index (χ2v) is 7.71. The van der Waals surface area contributed by atoms with Gasteiger partial charge in [0.05, 0.1) is 4.91 Å². The van der Waals surface area contributed by atoms with Crippen LogP contribution in [-0.4, -0.2) is 20.7 Å². The van der Waals surface area contributed by atoms with Crippen molar-refractivity contribution in [3.05, 3.63) is 71.3 Å². The van der Waals surface area contributed by atoms with E-state index in [1.165, 1.54) is 11.8 Å². The first kappa shape index (κ1) is 17.5. The molecule has 1 aromatic heterocycles. The van der Waals surface area contributed by atoms with Crippen molar-refractivity contribution < 1.29 is 9.59 Å². The monoisotopic (exact) mass is 393 g/mol. The first-order valence-electron chi connectivity index (χ1n) is 8.28. The van der Waals surface area contributed by atoms with Gasteiger partial charge >= 0.3 is 0 Å². The average Bonchev–Trinajstić information content (AvgIpc) is 3.16. The van der Waals surface area contributed by atoms with E-state index in [-0.39, 0.29) is 18.4 Å². The molecule has 7 heteroatoms. The number of amides is 2. The maximum atomic E-state index is 12.4. The fourth-order valence-corrected chi connectivity index (χ4v) is 4.00. The Kier molecular flexibility index (Phi) is 4.79. The summed E-state index contributed by atoms with van der Waals surface area (Å²) < 4.78 is 2.34. The lowest BCUT2D eigenvalue weighted by Gasteiger charge is -2.07. The minimum atomic E-state index is -0.191. The largest absolute Gasteiger partial charge is 0.337 e. The van der Waals surface area contributed by atoms with Crippen molar-refractivity contribution in [3.63, 3.8) is 0 Å². The Bertz CT molecular complexity index is 1090. The third-order valence-electron chi connectivity index (χ3n) is 4.12. The van der Waals surface area contributed by atoms with Gasteiger partial charge in [0.25, 0.3) is 5.91 Å². The molecule has 0 bridgehead atoms.